The van der Waals surface area contributed by atoms with Crippen molar-refractivity contribution in [2.45, 2.75) is 26.7 Å². The largest absolute Gasteiger partial charge is 0.397 e. The van der Waals surface area contributed by atoms with Crippen molar-refractivity contribution < 1.29 is 4.39 Å². The Morgan fingerprint density at radius 3 is 2.75 bits per heavy atom. The molecule has 0 radical (unpaired) electrons. The van der Waals surface area contributed by atoms with Crippen LogP contribution < -0.4 is 5.73 Å². The van der Waals surface area contributed by atoms with E-state index in [2.05, 4.69) is 0 Å². The molecule has 0 bridgehead atoms. The van der Waals surface area contributed by atoms with E-state index in [0.717, 1.165) is 12.0 Å². The zero-order valence-corrected chi connectivity index (χ0v) is 9.55. The van der Waals surface area contributed by atoms with E-state index in [4.69, 9.17) is 11.0 Å². The first kappa shape index (κ1) is 12.3. The third-order valence-corrected chi connectivity index (χ3v) is 2.37. The topological polar surface area (TPSA) is 49.8 Å². The maximum absolute atomic E-state index is 13.5. The quantitative estimate of drug-likeness (QED) is 0.792. The van der Waals surface area contributed by atoms with Gasteiger partial charge in [-0.1, -0.05) is 25.0 Å². The van der Waals surface area contributed by atoms with Crippen molar-refractivity contribution in [2.75, 3.05) is 0 Å². The van der Waals surface area contributed by atoms with Crippen molar-refractivity contribution in [2.24, 2.45) is 5.73 Å². The van der Waals surface area contributed by atoms with Crippen LogP contribution in [0.3, 0.4) is 0 Å². The van der Waals surface area contributed by atoms with Crippen LogP contribution >= 0.6 is 0 Å². The maximum atomic E-state index is 13.5. The SMILES string of the molecule is CCC/C(C#N)=C(/N)c1cc(C)ccc1F. The molecule has 0 aliphatic heterocycles. The third-order valence-electron chi connectivity index (χ3n) is 2.37. The van der Waals surface area contributed by atoms with Crippen LogP contribution in [0.4, 0.5) is 4.39 Å². The van der Waals surface area contributed by atoms with E-state index in [9.17, 15) is 4.39 Å². The van der Waals surface area contributed by atoms with E-state index in [-0.39, 0.29) is 11.5 Å². The number of nitrogens with zero attached hydrogens (tertiary/aromatic N) is 1. The number of nitrogens with two attached hydrogens (primary N) is 1. The van der Waals surface area contributed by atoms with Crippen LogP contribution in [0.15, 0.2) is 23.8 Å². The van der Waals surface area contributed by atoms with Gasteiger partial charge in [-0.3, -0.25) is 0 Å². The molecular formula is C13H15FN2. The molecule has 0 heterocycles. The summed E-state index contributed by atoms with van der Waals surface area (Å²) in [7, 11) is 0. The molecule has 0 aliphatic carbocycles. The highest BCUT2D eigenvalue weighted by Crippen LogP contribution is 2.20. The van der Waals surface area contributed by atoms with Crippen LogP contribution in [0, 0.1) is 24.1 Å². The number of hydrogen-bond acceptors (Lipinski definition) is 2. The number of hydrogen-bond donors (Lipinski definition) is 1. The minimum atomic E-state index is -0.382. The van der Waals surface area contributed by atoms with E-state index in [1.165, 1.54) is 6.07 Å². The lowest BCUT2D eigenvalue weighted by molar-refractivity contribution is 0.623. The molecule has 0 atom stereocenters. The van der Waals surface area contributed by atoms with Crippen LogP contribution in [0.25, 0.3) is 5.70 Å². The predicted octanol–water partition coefficient (Wildman–Crippen LogP) is 3.13. The molecule has 2 nitrogen and oxygen atoms in total. The molecule has 0 spiro atoms. The highest BCUT2D eigenvalue weighted by atomic mass is 19.1. The normalized spacial score (nSPS) is 11.9. The van der Waals surface area contributed by atoms with Gasteiger partial charge in [0.1, 0.15) is 5.82 Å². The Kier molecular flexibility index (Phi) is 4.07. The van der Waals surface area contributed by atoms with Crippen molar-refractivity contribution in [3.05, 3.63) is 40.7 Å². The summed E-state index contributed by atoms with van der Waals surface area (Å²) < 4.78 is 13.5. The second-order valence-electron chi connectivity index (χ2n) is 3.74. The zero-order valence-electron chi connectivity index (χ0n) is 9.55. The van der Waals surface area contributed by atoms with Gasteiger partial charge in [0, 0.05) is 5.56 Å². The second-order valence-corrected chi connectivity index (χ2v) is 3.74. The predicted molar refractivity (Wildman–Crippen MR) is 62.8 cm³/mol. The lowest BCUT2D eigenvalue weighted by Gasteiger charge is -2.07. The van der Waals surface area contributed by atoms with Crippen molar-refractivity contribution in [1.29, 1.82) is 5.26 Å². The summed E-state index contributed by atoms with van der Waals surface area (Å²) in [5, 5.41) is 8.94. The molecule has 0 fully saturated rings. The van der Waals surface area contributed by atoms with Crippen molar-refractivity contribution in [3.63, 3.8) is 0 Å². The molecule has 1 aromatic carbocycles. The summed E-state index contributed by atoms with van der Waals surface area (Å²) in [5.41, 5.74) is 7.78. The molecule has 0 amide bonds. The molecule has 0 aliphatic rings. The fraction of sp³-hybridized carbons (Fsp3) is 0.308. The minimum Gasteiger partial charge on any atom is -0.397 e. The first-order valence-electron chi connectivity index (χ1n) is 5.25. The maximum Gasteiger partial charge on any atom is 0.132 e. The van der Waals surface area contributed by atoms with Crippen molar-refractivity contribution >= 4 is 5.70 Å². The van der Waals surface area contributed by atoms with Gasteiger partial charge >= 0.3 is 0 Å². The number of benzene rings is 1. The van der Waals surface area contributed by atoms with Crippen LogP contribution in [0.1, 0.15) is 30.9 Å². The molecular weight excluding hydrogens is 203 g/mol. The van der Waals surface area contributed by atoms with E-state index >= 15 is 0 Å². The molecule has 2 N–H and O–H groups in total. The first-order chi connectivity index (χ1) is 7.60. The van der Waals surface area contributed by atoms with Crippen LogP contribution in [-0.4, -0.2) is 0 Å². The Bertz CT molecular complexity index is 455. The van der Waals surface area contributed by atoms with Gasteiger partial charge in [-0.2, -0.15) is 5.26 Å². The van der Waals surface area contributed by atoms with Crippen molar-refractivity contribution in [1.82, 2.24) is 0 Å². The number of nitriles is 1. The lowest BCUT2D eigenvalue weighted by Crippen LogP contribution is -2.04. The molecule has 84 valence electrons. The first-order valence-corrected chi connectivity index (χ1v) is 5.25. The van der Waals surface area contributed by atoms with E-state index in [1.54, 1.807) is 12.1 Å². The molecule has 16 heavy (non-hydrogen) atoms. The molecule has 1 aromatic rings. The molecule has 0 saturated heterocycles. The summed E-state index contributed by atoms with van der Waals surface area (Å²) in [6.07, 6.45) is 1.40. The van der Waals surface area contributed by atoms with Crippen LogP contribution in [0.2, 0.25) is 0 Å². The van der Waals surface area contributed by atoms with Crippen molar-refractivity contribution in [3.8, 4) is 6.07 Å². The van der Waals surface area contributed by atoms with Gasteiger partial charge in [-0.15, -0.1) is 0 Å². The van der Waals surface area contributed by atoms with E-state index in [0.29, 0.717) is 17.6 Å². The smallest absolute Gasteiger partial charge is 0.132 e. The van der Waals surface area contributed by atoms with E-state index < -0.39 is 0 Å². The Hall–Kier alpha value is -1.82. The zero-order chi connectivity index (χ0) is 12.1. The fourth-order valence-electron chi connectivity index (χ4n) is 1.51. The monoisotopic (exact) mass is 218 g/mol. The number of aryl methyl sites for hydroxylation is 1. The van der Waals surface area contributed by atoms with E-state index in [1.807, 2.05) is 19.9 Å². The summed E-state index contributed by atoms with van der Waals surface area (Å²) in [5.74, 6) is -0.382. The standard InChI is InChI=1S/C13H15FN2/c1-3-4-10(8-15)13(16)11-7-9(2)5-6-12(11)14/h5-7H,3-4,16H2,1-2H3/b13-10-. The number of rotatable bonds is 3. The molecule has 1 rings (SSSR count). The van der Waals surface area contributed by atoms with Gasteiger partial charge in [0.25, 0.3) is 0 Å². The molecule has 0 saturated carbocycles. The van der Waals surface area contributed by atoms with Gasteiger partial charge in [-0.25, -0.2) is 4.39 Å². The molecule has 3 heteroatoms. The molecule has 0 unspecified atom stereocenters. The Morgan fingerprint density at radius 2 is 2.19 bits per heavy atom. The minimum absolute atomic E-state index is 0.255. The average Bonchev–Trinajstić information content (AvgIpc) is 2.28. The summed E-state index contributed by atoms with van der Waals surface area (Å²) in [6, 6.07) is 6.75. The van der Waals surface area contributed by atoms with Gasteiger partial charge < -0.3 is 5.73 Å². The van der Waals surface area contributed by atoms with Gasteiger partial charge in [0.2, 0.25) is 0 Å². The van der Waals surface area contributed by atoms with Gasteiger partial charge in [0.05, 0.1) is 17.3 Å². The highest BCUT2D eigenvalue weighted by molar-refractivity contribution is 5.69. The Balaban J connectivity index is 3.27. The number of allylic oxidation sites excluding steroid dienone is 1. The molecule has 0 aromatic heterocycles. The Morgan fingerprint density at radius 1 is 1.50 bits per heavy atom. The van der Waals surface area contributed by atoms with Crippen LogP contribution in [-0.2, 0) is 0 Å². The van der Waals surface area contributed by atoms with Gasteiger partial charge in [-0.05, 0) is 25.5 Å². The Labute approximate surface area is 95.2 Å². The summed E-state index contributed by atoms with van der Waals surface area (Å²) in [4.78, 5) is 0. The van der Waals surface area contributed by atoms with Crippen LogP contribution in [0.5, 0.6) is 0 Å². The second kappa shape index (κ2) is 5.32. The number of halogens is 1. The third kappa shape index (κ3) is 2.60. The van der Waals surface area contributed by atoms with Gasteiger partial charge in [0.15, 0.2) is 0 Å². The highest BCUT2D eigenvalue weighted by Gasteiger charge is 2.09. The average molecular weight is 218 g/mol. The summed E-state index contributed by atoms with van der Waals surface area (Å²) in [6.45, 7) is 3.82. The fourth-order valence-corrected chi connectivity index (χ4v) is 1.51. The summed E-state index contributed by atoms with van der Waals surface area (Å²) >= 11 is 0. The lowest BCUT2D eigenvalue weighted by atomic mass is 10.0.